The fourth-order valence-electron chi connectivity index (χ4n) is 1.95. The Balaban J connectivity index is 1.88. The molecule has 0 fully saturated rings. The van der Waals surface area contributed by atoms with E-state index < -0.39 is 0 Å². The lowest BCUT2D eigenvalue weighted by atomic mass is 10.2. The Morgan fingerprint density at radius 2 is 1.96 bits per heavy atom. The molecule has 4 nitrogen and oxygen atoms in total. The third-order valence-electron chi connectivity index (χ3n) is 3.17. The molecule has 0 bridgehead atoms. The SMILES string of the molecule is COc1ccc(CNC(=O)CSc2ccccc2Cl)c(OC)c1. The second-order valence-corrected chi connectivity index (χ2v) is 6.10. The molecule has 0 saturated heterocycles. The lowest BCUT2D eigenvalue weighted by molar-refractivity contribution is -0.118. The minimum atomic E-state index is -0.0622. The van der Waals surface area contributed by atoms with Gasteiger partial charge in [-0.05, 0) is 24.3 Å². The monoisotopic (exact) mass is 351 g/mol. The van der Waals surface area contributed by atoms with Crippen LogP contribution in [0, 0.1) is 0 Å². The average molecular weight is 352 g/mol. The Bertz CT molecular complexity index is 679. The van der Waals surface area contributed by atoms with Crippen molar-refractivity contribution in [1.29, 1.82) is 0 Å². The first-order chi connectivity index (χ1) is 11.1. The highest BCUT2D eigenvalue weighted by atomic mass is 35.5. The first-order valence-corrected chi connectivity index (χ1v) is 8.35. The number of carbonyl (C=O) groups excluding carboxylic acids is 1. The molecule has 122 valence electrons. The number of benzene rings is 2. The van der Waals surface area contributed by atoms with E-state index in [1.807, 2.05) is 36.4 Å². The van der Waals surface area contributed by atoms with Gasteiger partial charge in [0.05, 0.1) is 25.0 Å². The van der Waals surface area contributed by atoms with Crippen LogP contribution in [-0.2, 0) is 11.3 Å². The van der Waals surface area contributed by atoms with E-state index >= 15 is 0 Å². The molecule has 1 amide bonds. The maximum absolute atomic E-state index is 12.0. The van der Waals surface area contributed by atoms with Crippen molar-refractivity contribution < 1.29 is 14.3 Å². The van der Waals surface area contributed by atoms with Crippen LogP contribution in [0.25, 0.3) is 0 Å². The normalized spacial score (nSPS) is 10.2. The summed E-state index contributed by atoms with van der Waals surface area (Å²) in [6, 6.07) is 13.0. The van der Waals surface area contributed by atoms with E-state index in [0.717, 1.165) is 10.5 Å². The second kappa shape index (κ2) is 8.70. The van der Waals surface area contributed by atoms with Crippen molar-refractivity contribution in [2.75, 3.05) is 20.0 Å². The molecule has 0 aliphatic rings. The van der Waals surface area contributed by atoms with Crippen molar-refractivity contribution in [3.63, 3.8) is 0 Å². The molecule has 0 radical (unpaired) electrons. The third-order valence-corrected chi connectivity index (χ3v) is 4.68. The van der Waals surface area contributed by atoms with Crippen LogP contribution in [0.1, 0.15) is 5.56 Å². The van der Waals surface area contributed by atoms with Crippen LogP contribution in [0.2, 0.25) is 5.02 Å². The molecule has 1 N–H and O–H groups in total. The quantitative estimate of drug-likeness (QED) is 0.771. The van der Waals surface area contributed by atoms with E-state index in [1.54, 1.807) is 20.3 Å². The van der Waals surface area contributed by atoms with E-state index in [2.05, 4.69) is 5.32 Å². The highest BCUT2D eigenvalue weighted by Crippen LogP contribution is 2.27. The summed E-state index contributed by atoms with van der Waals surface area (Å²) in [5, 5.41) is 3.53. The second-order valence-electron chi connectivity index (χ2n) is 4.67. The van der Waals surface area contributed by atoms with Crippen molar-refractivity contribution in [1.82, 2.24) is 5.32 Å². The minimum Gasteiger partial charge on any atom is -0.497 e. The van der Waals surface area contributed by atoms with Gasteiger partial charge in [0, 0.05) is 23.1 Å². The van der Waals surface area contributed by atoms with Gasteiger partial charge in [-0.15, -0.1) is 11.8 Å². The summed E-state index contributed by atoms with van der Waals surface area (Å²) in [4.78, 5) is 12.9. The Morgan fingerprint density at radius 3 is 2.65 bits per heavy atom. The van der Waals surface area contributed by atoms with Gasteiger partial charge in [0.15, 0.2) is 0 Å². The number of ether oxygens (including phenoxy) is 2. The molecular formula is C17H18ClNO3S. The fraction of sp³-hybridized carbons (Fsp3) is 0.235. The third kappa shape index (κ3) is 5.08. The lowest BCUT2D eigenvalue weighted by Gasteiger charge is -2.11. The van der Waals surface area contributed by atoms with Crippen LogP contribution in [0.4, 0.5) is 0 Å². The van der Waals surface area contributed by atoms with E-state index in [-0.39, 0.29) is 5.91 Å². The Kier molecular flexibility index (Phi) is 6.62. The highest BCUT2D eigenvalue weighted by molar-refractivity contribution is 8.00. The van der Waals surface area contributed by atoms with Crippen LogP contribution in [-0.4, -0.2) is 25.9 Å². The Morgan fingerprint density at radius 1 is 1.17 bits per heavy atom. The maximum atomic E-state index is 12.0. The van der Waals surface area contributed by atoms with E-state index in [0.29, 0.717) is 28.8 Å². The van der Waals surface area contributed by atoms with Crippen molar-refractivity contribution in [3.8, 4) is 11.5 Å². The molecular weight excluding hydrogens is 334 g/mol. The van der Waals surface area contributed by atoms with Gasteiger partial charge in [-0.25, -0.2) is 0 Å². The lowest BCUT2D eigenvalue weighted by Crippen LogP contribution is -2.24. The Hall–Kier alpha value is -1.85. The molecule has 6 heteroatoms. The van der Waals surface area contributed by atoms with Gasteiger partial charge in [0.2, 0.25) is 5.91 Å². The molecule has 23 heavy (non-hydrogen) atoms. The smallest absolute Gasteiger partial charge is 0.230 e. The molecule has 0 aromatic heterocycles. The maximum Gasteiger partial charge on any atom is 0.230 e. The molecule has 2 aromatic rings. The molecule has 0 aliphatic carbocycles. The van der Waals surface area contributed by atoms with E-state index in [4.69, 9.17) is 21.1 Å². The summed E-state index contributed by atoms with van der Waals surface area (Å²) < 4.78 is 10.5. The summed E-state index contributed by atoms with van der Waals surface area (Å²) in [5.41, 5.74) is 0.893. The van der Waals surface area contributed by atoms with Gasteiger partial charge in [-0.1, -0.05) is 23.7 Å². The summed E-state index contributed by atoms with van der Waals surface area (Å²) in [6.45, 7) is 0.398. The average Bonchev–Trinajstić information content (AvgIpc) is 2.59. The van der Waals surface area contributed by atoms with Gasteiger partial charge in [-0.3, -0.25) is 4.79 Å². The van der Waals surface area contributed by atoms with Gasteiger partial charge in [0.1, 0.15) is 11.5 Å². The molecule has 0 aliphatic heterocycles. The molecule has 0 heterocycles. The van der Waals surface area contributed by atoms with Crippen LogP contribution < -0.4 is 14.8 Å². The highest BCUT2D eigenvalue weighted by Gasteiger charge is 2.08. The molecule has 0 saturated carbocycles. The van der Waals surface area contributed by atoms with Crippen molar-refractivity contribution in [2.45, 2.75) is 11.4 Å². The Labute approximate surface area is 145 Å². The number of rotatable bonds is 7. The van der Waals surface area contributed by atoms with Crippen molar-refractivity contribution in [3.05, 3.63) is 53.1 Å². The largest absolute Gasteiger partial charge is 0.497 e. The van der Waals surface area contributed by atoms with Crippen LogP contribution in [0.15, 0.2) is 47.4 Å². The van der Waals surface area contributed by atoms with Gasteiger partial charge in [-0.2, -0.15) is 0 Å². The number of carbonyl (C=O) groups is 1. The number of thioether (sulfide) groups is 1. The number of amides is 1. The van der Waals surface area contributed by atoms with Crippen molar-refractivity contribution >= 4 is 29.3 Å². The number of nitrogens with one attached hydrogen (secondary N) is 1. The van der Waals surface area contributed by atoms with Crippen molar-refractivity contribution in [2.24, 2.45) is 0 Å². The molecule has 0 atom stereocenters. The number of methoxy groups -OCH3 is 2. The minimum absolute atomic E-state index is 0.0622. The zero-order valence-corrected chi connectivity index (χ0v) is 14.5. The zero-order valence-electron chi connectivity index (χ0n) is 13.0. The fourth-order valence-corrected chi connectivity index (χ4v) is 3.02. The predicted octanol–water partition coefficient (Wildman–Crippen LogP) is 3.77. The zero-order chi connectivity index (χ0) is 16.7. The van der Waals surface area contributed by atoms with E-state index in [9.17, 15) is 4.79 Å². The summed E-state index contributed by atoms with van der Waals surface area (Å²) >= 11 is 7.48. The molecule has 0 spiro atoms. The van der Waals surface area contributed by atoms with Gasteiger partial charge in [0.25, 0.3) is 0 Å². The van der Waals surface area contributed by atoms with Crippen LogP contribution in [0.3, 0.4) is 0 Å². The number of hydrogen-bond donors (Lipinski definition) is 1. The van der Waals surface area contributed by atoms with Crippen LogP contribution >= 0.6 is 23.4 Å². The number of halogens is 1. The summed E-state index contributed by atoms with van der Waals surface area (Å²) in [7, 11) is 3.19. The van der Waals surface area contributed by atoms with Gasteiger partial charge >= 0.3 is 0 Å². The standard InChI is InChI=1S/C17H18ClNO3S/c1-21-13-8-7-12(15(9-13)22-2)10-19-17(20)11-23-16-6-4-3-5-14(16)18/h3-9H,10-11H2,1-2H3,(H,19,20). The first-order valence-electron chi connectivity index (χ1n) is 6.99. The first kappa shape index (κ1) is 17.5. The topological polar surface area (TPSA) is 47.6 Å². The van der Waals surface area contributed by atoms with Gasteiger partial charge < -0.3 is 14.8 Å². The summed E-state index contributed by atoms with van der Waals surface area (Å²) in [5.74, 6) is 1.64. The molecule has 2 rings (SSSR count). The molecule has 0 unspecified atom stereocenters. The summed E-state index contributed by atoms with van der Waals surface area (Å²) in [6.07, 6.45) is 0. The number of hydrogen-bond acceptors (Lipinski definition) is 4. The predicted molar refractivity (Wildman–Crippen MR) is 93.6 cm³/mol. The van der Waals surface area contributed by atoms with E-state index in [1.165, 1.54) is 11.8 Å². The van der Waals surface area contributed by atoms with Crippen LogP contribution in [0.5, 0.6) is 11.5 Å². The molecule has 2 aromatic carbocycles.